The Morgan fingerprint density at radius 3 is 2.86 bits per heavy atom. The SMILES string of the molecule is Cc1nnc(NC(=O)CN(C)c2nc3c(Cl)cccc3s2)s1. The molecule has 0 aliphatic rings. The third-order valence-electron chi connectivity index (χ3n) is 2.84. The van der Waals surface area contributed by atoms with E-state index in [-0.39, 0.29) is 12.5 Å². The lowest BCUT2D eigenvalue weighted by Crippen LogP contribution is -2.29. The van der Waals surface area contributed by atoms with E-state index in [1.807, 2.05) is 26.1 Å². The lowest BCUT2D eigenvalue weighted by molar-refractivity contribution is -0.114. The van der Waals surface area contributed by atoms with Crippen LogP contribution < -0.4 is 10.2 Å². The highest BCUT2D eigenvalue weighted by Gasteiger charge is 2.14. The van der Waals surface area contributed by atoms with Crippen LogP contribution in [0.5, 0.6) is 0 Å². The molecule has 0 fully saturated rings. The van der Waals surface area contributed by atoms with Crippen LogP contribution in [0.2, 0.25) is 5.02 Å². The largest absolute Gasteiger partial charge is 0.342 e. The van der Waals surface area contributed by atoms with Gasteiger partial charge in [-0.2, -0.15) is 0 Å². The first-order chi connectivity index (χ1) is 10.5. The van der Waals surface area contributed by atoms with Crippen molar-refractivity contribution in [1.29, 1.82) is 0 Å². The van der Waals surface area contributed by atoms with E-state index in [1.165, 1.54) is 22.7 Å². The van der Waals surface area contributed by atoms with E-state index in [0.717, 1.165) is 20.4 Å². The summed E-state index contributed by atoms with van der Waals surface area (Å²) in [5.41, 5.74) is 0.760. The molecule has 6 nitrogen and oxygen atoms in total. The minimum absolute atomic E-state index is 0.163. The van der Waals surface area contributed by atoms with Crippen molar-refractivity contribution in [2.45, 2.75) is 6.92 Å². The summed E-state index contributed by atoms with van der Waals surface area (Å²) in [7, 11) is 1.82. The fourth-order valence-electron chi connectivity index (χ4n) is 1.86. The van der Waals surface area contributed by atoms with E-state index < -0.39 is 0 Å². The Morgan fingerprint density at radius 2 is 2.18 bits per heavy atom. The topological polar surface area (TPSA) is 71.0 Å². The summed E-state index contributed by atoms with van der Waals surface area (Å²) in [6, 6.07) is 5.65. The summed E-state index contributed by atoms with van der Waals surface area (Å²) in [5, 5.41) is 13.1. The molecule has 0 unspecified atom stereocenters. The molecule has 1 N–H and O–H groups in total. The first kappa shape index (κ1) is 15.1. The Balaban J connectivity index is 1.71. The predicted octanol–water partition coefficient (Wildman–Crippen LogP) is 3.18. The number of fused-ring (bicyclic) bond motifs is 1. The fraction of sp³-hybridized carbons (Fsp3) is 0.231. The van der Waals surface area contributed by atoms with Crippen molar-refractivity contribution in [3.63, 3.8) is 0 Å². The highest BCUT2D eigenvalue weighted by Crippen LogP contribution is 2.32. The second-order valence-electron chi connectivity index (χ2n) is 4.61. The van der Waals surface area contributed by atoms with Gasteiger partial charge in [-0.15, -0.1) is 10.2 Å². The lowest BCUT2D eigenvalue weighted by atomic mass is 10.3. The van der Waals surface area contributed by atoms with Crippen LogP contribution in [0.25, 0.3) is 10.2 Å². The van der Waals surface area contributed by atoms with Gasteiger partial charge in [0.15, 0.2) is 5.13 Å². The molecule has 0 bridgehead atoms. The Bertz CT molecular complexity index is 831. The van der Waals surface area contributed by atoms with E-state index in [4.69, 9.17) is 11.6 Å². The van der Waals surface area contributed by atoms with Crippen molar-refractivity contribution in [2.24, 2.45) is 0 Å². The van der Waals surface area contributed by atoms with Crippen molar-refractivity contribution >= 4 is 60.7 Å². The van der Waals surface area contributed by atoms with Crippen molar-refractivity contribution in [2.75, 3.05) is 23.8 Å². The number of nitrogens with zero attached hydrogens (tertiary/aromatic N) is 4. The van der Waals surface area contributed by atoms with Crippen LogP contribution >= 0.6 is 34.3 Å². The molecule has 3 aromatic rings. The summed E-state index contributed by atoms with van der Waals surface area (Å²) in [6.45, 7) is 2.01. The number of carbonyl (C=O) groups excluding carboxylic acids is 1. The van der Waals surface area contributed by atoms with Gasteiger partial charge in [0.05, 0.1) is 16.3 Å². The molecule has 0 aliphatic carbocycles. The van der Waals surface area contributed by atoms with E-state index in [1.54, 1.807) is 11.0 Å². The van der Waals surface area contributed by atoms with Crippen molar-refractivity contribution in [1.82, 2.24) is 15.2 Å². The maximum absolute atomic E-state index is 12.0. The molecule has 22 heavy (non-hydrogen) atoms. The van der Waals surface area contributed by atoms with Gasteiger partial charge in [0.2, 0.25) is 11.0 Å². The number of likely N-dealkylation sites (N-methyl/N-ethyl adjacent to an activating group) is 1. The van der Waals surface area contributed by atoms with Gasteiger partial charge in [0.25, 0.3) is 0 Å². The van der Waals surface area contributed by atoms with Crippen molar-refractivity contribution < 1.29 is 4.79 Å². The zero-order valence-electron chi connectivity index (χ0n) is 11.8. The minimum Gasteiger partial charge on any atom is -0.342 e. The van der Waals surface area contributed by atoms with Gasteiger partial charge in [-0.05, 0) is 19.1 Å². The third-order valence-corrected chi connectivity index (χ3v) is 5.03. The zero-order chi connectivity index (χ0) is 15.7. The highest BCUT2D eigenvalue weighted by molar-refractivity contribution is 7.22. The molecule has 0 atom stereocenters. The number of aromatic nitrogens is 3. The molecule has 0 saturated heterocycles. The average molecular weight is 354 g/mol. The van der Waals surface area contributed by atoms with Crippen LogP contribution in [-0.4, -0.2) is 34.7 Å². The molecule has 2 aromatic heterocycles. The lowest BCUT2D eigenvalue weighted by Gasteiger charge is -2.14. The number of benzene rings is 1. The molecule has 0 spiro atoms. The number of para-hydroxylation sites is 1. The van der Waals surface area contributed by atoms with Gasteiger partial charge in [-0.1, -0.05) is 40.3 Å². The molecule has 3 rings (SSSR count). The number of nitrogens with one attached hydrogen (secondary N) is 1. The molecule has 114 valence electrons. The third kappa shape index (κ3) is 3.18. The maximum atomic E-state index is 12.0. The van der Waals surface area contributed by atoms with Gasteiger partial charge in [0, 0.05) is 7.05 Å². The number of thiazole rings is 1. The first-order valence-electron chi connectivity index (χ1n) is 6.39. The normalized spacial score (nSPS) is 10.9. The quantitative estimate of drug-likeness (QED) is 0.780. The van der Waals surface area contributed by atoms with Crippen LogP contribution in [0.15, 0.2) is 18.2 Å². The summed E-state index contributed by atoms with van der Waals surface area (Å²) >= 11 is 8.96. The molecular formula is C13H12ClN5OS2. The second kappa shape index (κ2) is 6.15. The first-order valence-corrected chi connectivity index (χ1v) is 8.40. The number of amides is 1. The average Bonchev–Trinajstić information content (AvgIpc) is 3.06. The van der Waals surface area contributed by atoms with Crippen LogP contribution in [0.4, 0.5) is 10.3 Å². The smallest absolute Gasteiger partial charge is 0.245 e. The molecular weight excluding hydrogens is 342 g/mol. The van der Waals surface area contributed by atoms with Gasteiger partial charge in [-0.3, -0.25) is 10.1 Å². The van der Waals surface area contributed by atoms with Gasteiger partial charge >= 0.3 is 0 Å². The van der Waals surface area contributed by atoms with E-state index >= 15 is 0 Å². The zero-order valence-corrected chi connectivity index (χ0v) is 14.2. The Morgan fingerprint density at radius 1 is 1.36 bits per heavy atom. The van der Waals surface area contributed by atoms with Crippen LogP contribution in [0.1, 0.15) is 5.01 Å². The molecule has 0 saturated carbocycles. The standard InChI is InChI=1S/C13H12ClN5OS2/c1-7-17-18-12(21-7)15-10(20)6-19(2)13-16-11-8(14)4-3-5-9(11)22-13/h3-5H,6H2,1-2H3,(H,15,18,20). The van der Waals surface area contributed by atoms with Crippen LogP contribution in [0.3, 0.4) is 0 Å². The molecule has 2 heterocycles. The van der Waals surface area contributed by atoms with Gasteiger partial charge in [0.1, 0.15) is 10.5 Å². The minimum atomic E-state index is -0.163. The molecule has 9 heteroatoms. The number of halogens is 1. The molecule has 1 aromatic carbocycles. The van der Waals surface area contributed by atoms with Crippen LogP contribution in [-0.2, 0) is 4.79 Å². The maximum Gasteiger partial charge on any atom is 0.245 e. The Kier molecular flexibility index (Phi) is 4.23. The number of aryl methyl sites for hydroxylation is 1. The molecule has 1 amide bonds. The molecule has 0 radical (unpaired) electrons. The van der Waals surface area contributed by atoms with Gasteiger partial charge < -0.3 is 4.90 Å². The van der Waals surface area contributed by atoms with E-state index in [9.17, 15) is 4.79 Å². The summed E-state index contributed by atoms with van der Waals surface area (Å²) in [6.07, 6.45) is 0. The van der Waals surface area contributed by atoms with Crippen LogP contribution in [0, 0.1) is 6.92 Å². The Labute approximate surface area is 139 Å². The molecule has 0 aliphatic heterocycles. The fourth-order valence-corrected chi connectivity index (χ4v) is 3.69. The summed E-state index contributed by atoms with van der Waals surface area (Å²) < 4.78 is 0.995. The van der Waals surface area contributed by atoms with Crippen molar-refractivity contribution in [3.8, 4) is 0 Å². The summed E-state index contributed by atoms with van der Waals surface area (Å²) in [4.78, 5) is 18.3. The number of anilines is 2. The van der Waals surface area contributed by atoms with E-state index in [0.29, 0.717) is 10.2 Å². The highest BCUT2D eigenvalue weighted by atomic mass is 35.5. The van der Waals surface area contributed by atoms with Crippen molar-refractivity contribution in [3.05, 3.63) is 28.2 Å². The Hall–Kier alpha value is -1.77. The monoisotopic (exact) mass is 353 g/mol. The second-order valence-corrected chi connectivity index (χ2v) is 7.21. The number of hydrogen-bond acceptors (Lipinski definition) is 7. The number of hydrogen-bond donors (Lipinski definition) is 1. The predicted molar refractivity (Wildman–Crippen MR) is 91.2 cm³/mol. The van der Waals surface area contributed by atoms with E-state index in [2.05, 4.69) is 20.5 Å². The number of carbonyl (C=O) groups is 1. The van der Waals surface area contributed by atoms with Gasteiger partial charge in [-0.25, -0.2) is 4.98 Å². The number of rotatable bonds is 4. The summed E-state index contributed by atoms with van der Waals surface area (Å²) in [5.74, 6) is -0.163.